The molecule has 7 nitrogen and oxygen atoms in total. The Hall–Kier alpha value is -2.43. The minimum Gasteiger partial charge on any atom is -0.371 e. The summed E-state index contributed by atoms with van der Waals surface area (Å²) >= 11 is 6.04. The van der Waals surface area contributed by atoms with Crippen LogP contribution in [0.2, 0.25) is 5.02 Å². The van der Waals surface area contributed by atoms with Crippen LogP contribution in [0.1, 0.15) is 41.1 Å². The zero-order valence-electron chi connectivity index (χ0n) is 13.1. The Morgan fingerprint density at radius 2 is 2.42 bits per heavy atom. The van der Waals surface area contributed by atoms with Crippen molar-refractivity contribution in [2.75, 3.05) is 6.61 Å². The van der Waals surface area contributed by atoms with E-state index in [9.17, 15) is 4.79 Å². The molecule has 0 radical (unpaired) electrons. The number of hydrogen-bond acceptors (Lipinski definition) is 5. The molecule has 0 aromatic carbocycles. The summed E-state index contributed by atoms with van der Waals surface area (Å²) in [5.74, 6) is -0.382. The van der Waals surface area contributed by atoms with Crippen LogP contribution < -0.4 is 5.32 Å². The van der Waals surface area contributed by atoms with Crippen molar-refractivity contribution in [3.8, 4) is 6.07 Å². The molecule has 1 aliphatic heterocycles. The molecule has 24 heavy (non-hydrogen) atoms. The Balaban J connectivity index is 1.74. The van der Waals surface area contributed by atoms with Crippen molar-refractivity contribution in [2.24, 2.45) is 0 Å². The molecule has 1 fully saturated rings. The Morgan fingerprint density at radius 3 is 3.08 bits per heavy atom. The normalized spacial score (nSPS) is 19.9. The molecule has 1 saturated heterocycles. The van der Waals surface area contributed by atoms with Crippen molar-refractivity contribution in [3.63, 3.8) is 0 Å². The Morgan fingerprint density at radius 1 is 1.58 bits per heavy atom. The molecule has 2 aromatic heterocycles. The van der Waals surface area contributed by atoms with E-state index in [1.54, 1.807) is 6.20 Å². The topological polar surface area (TPSA) is 92.8 Å². The number of aryl methyl sites for hydroxylation is 1. The lowest BCUT2D eigenvalue weighted by molar-refractivity contribution is 0.0818. The van der Waals surface area contributed by atoms with Crippen LogP contribution in [0.15, 0.2) is 24.7 Å². The summed E-state index contributed by atoms with van der Waals surface area (Å²) in [4.78, 5) is 16.4. The predicted octanol–water partition coefficient (Wildman–Crippen LogP) is 2.08. The van der Waals surface area contributed by atoms with E-state index in [0.29, 0.717) is 18.6 Å². The first kappa shape index (κ1) is 16.4. The van der Waals surface area contributed by atoms with Gasteiger partial charge >= 0.3 is 0 Å². The molecule has 0 unspecified atom stereocenters. The summed E-state index contributed by atoms with van der Waals surface area (Å²) in [5, 5.41) is 16.1. The predicted molar refractivity (Wildman–Crippen MR) is 86.4 cm³/mol. The molecule has 8 heteroatoms. The van der Waals surface area contributed by atoms with Crippen LogP contribution in [0.5, 0.6) is 0 Å². The third-order valence-electron chi connectivity index (χ3n) is 3.90. The highest BCUT2D eigenvalue weighted by molar-refractivity contribution is 6.33. The molecular weight excluding hydrogens is 330 g/mol. The Labute approximate surface area is 144 Å². The molecule has 124 valence electrons. The van der Waals surface area contributed by atoms with Gasteiger partial charge in [-0.2, -0.15) is 10.4 Å². The lowest BCUT2D eigenvalue weighted by atomic mass is 10.1. The average molecular weight is 346 g/mol. The van der Waals surface area contributed by atoms with Crippen molar-refractivity contribution in [1.82, 2.24) is 20.1 Å². The van der Waals surface area contributed by atoms with E-state index >= 15 is 0 Å². The van der Waals surface area contributed by atoms with Crippen molar-refractivity contribution >= 4 is 17.5 Å². The quantitative estimate of drug-likeness (QED) is 0.915. The number of hydrogen-bond donors (Lipinski definition) is 1. The lowest BCUT2D eigenvalue weighted by Crippen LogP contribution is -2.37. The number of nitrogens with zero attached hydrogens (tertiary/aromatic N) is 4. The molecule has 0 aliphatic carbocycles. The van der Waals surface area contributed by atoms with Gasteiger partial charge in [0.25, 0.3) is 5.91 Å². The van der Waals surface area contributed by atoms with Gasteiger partial charge in [-0.05, 0) is 19.4 Å². The highest BCUT2D eigenvalue weighted by Crippen LogP contribution is 2.29. The first-order valence-corrected chi connectivity index (χ1v) is 8.00. The lowest BCUT2D eigenvalue weighted by Gasteiger charge is -2.18. The van der Waals surface area contributed by atoms with Crippen molar-refractivity contribution in [1.29, 1.82) is 5.26 Å². The summed E-state index contributed by atoms with van der Waals surface area (Å²) in [6, 6.07) is 3.18. The minimum atomic E-state index is -0.382. The van der Waals surface area contributed by atoms with E-state index in [1.165, 1.54) is 12.3 Å². The monoisotopic (exact) mass is 345 g/mol. The molecule has 2 aromatic rings. The standard InChI is InChI=1S/C16H16ClN5O2/c1-2-22-9-11(8-20-22)15-13(3-4-24-15)21-16(23)14-12(17)5-10(6-18)7-19-14/h5,7-9,13,15H,2-4H2,1H3,(H,21,23)/t13-,15+/m0/s1. The van der Waals surface area contributed by atoms with Gasteiger partial charge < -0.3 is 10.1 Å². The summed E-state index contributed by atoms with van der Waals surface area (Å²) in [7, 11) is 0. The second kappa shape index (κ2) is 6.99. The highest BCUT2D eigenvalue weighted by atomic mass is 35.5. The van der Waals surface area contributed by atoms with E-state index in [1.807, 2.05) is 23.9 Å². The smallest absolute Gasteiger partial charge is 0.271 e. The van der Waals surface area contributed by atoms with E-state index in [-0.39, 0.29) is 28.8 Å². The van der Waals surface area contributed by atoms with Gasteiger partial charge in [0, 0.05) is 31.1 Å². The van der Waals surface area contributed by atoms with Crippen LogP contribution in [0, 0.1) is 11.3 Å². The first-order valence-electron chi connectivity index (χ1n) is 7.62. The van der Waals surface area contributed by atoms with E-state index in [2.05, 4.69) is 15.4 Å². The second-order valence-corrected chi connectivity index (χ2v) is 5.86. The molecule has 0 bridgehead atoms. The highest BCUT2D eigenvalue weighted by Gasteiger charge is 2.32. The first-order chi connectivity index (χ1) is 11.6. The molecule has 1 amide bonds. The van der Waals surface area contributed by atoms with Crippen LogP contribution in [0.4, 0.5) is 0 Å². The number of nitriles is 1. The van der Waals surface area contributed by atoms with Crippen LogP contribution >= 0.6 is 11.6 Å². The fraction of sp³-hybridized carbons (Fsp3) is 0.375. The van der Waals surface area contributed by atoms with Crippen molar-refractivity contribution < 1.29 is 9.53 Å². The number of halogens is 1. The van der Waals surface area contributed by atoms with E-state index in [4.69, 9.17) is 21.6 Å². The summed E-state index contributed by atoms with van der Waals surface area (Å²) in [6.07, 6.45) is 5.45. The van der Waals surface area contributed by atoms with Crippen LogP contribution in [0.25, 0.3) is 0 Å². The SMILES string of the molecule is CCn1cc([C@H]2OCC[C@@H]2NC(=O)c2ncc(C#N)cc2Cl)cn1. The van der Waals surface area contributed by atoms with Crippen molar-refractivity contribution in [2.45, 2.75) is 32.0 Å². The summed E-state index contributed by atoms with van der Waals surface area (Å²) in [5.41, 5.74) is 1.34. The number of ether oxygens (including phenoxy) is 1. The maximum Gasteiger partial charge on any atom is 0.271 e. The Kier molecular flexibility index (Phi) is 4.79. The van der Waals surface area contributed by atoms with Crippen LogP contribution in [0.3, 0.4) is 0 Å². The molecule has 1 N–H and O–H groups in total. The van der Waals surface area contributed by atoms with E-state index in [0.717, 1.165) is 12.1 Å². The van der Waals surface area contributed by atoms with Gasteiger partial charge in [-0.25, -0.2) is 4.98 Å². The van der Waals surface area contributed by atoms with Gasteiger partial charge in [0.15, 0.2) is 0 Å². The largest absolute Gasteiger partial charge is 0.371 e. The maximum atomic E-state index is 12.4. The fourth-order valence-electron chi connectivity index (χ4n) is 2.67. The zero-order chi connectivity index (χ0) is 17.1. The van der Waals surface area contributed by atoms with Gasteiger partial charge in [-0.1, -0.05) is 11.6 Å². The minimum absolute atomic E-state index is 0.102. The van der Waals surface area contributed by atoms with Crippen LogP contribution in [-0.4, -0.2) is 33.3 Å². The number of aromatic nitrogens is 3. The van der Waals surface area contributed by atoms with Gasteiger partial charge in [-0.15, -0.1) is 0 Å². The number of rotatable bonds is 4. The molecule has 1 aliphatic rings. The fourth-order valence-corrected chi connectivity index (χ4v) is 2.92. The van der Waals surface area contributed by atoms with Crippen LogP contribution in [-0.2, 0) is 11.3 Å². The van der Waals surface area contributed by atoms with E-state index < -0.39 is 0 Å². The number of pyridine rings is 1. The Bertz CT molecular complexity index is 798. The molecule has 3 heterocycles. The number of carbonyl (C=O) groups excluding carboxylic acids is 1. The second-order valence-electron chi connectivity index (χ2n) is 5.46. The third kappa shape index (κ3) is 3.25. The van der Waals surface area contributed by atoms with Gasteiger partial charge in [0.1, 0.15) is 17.9 Å². The number of amides is 1. The van der Waals surface area contributed by atoms with Gasteiger partial charge in [-0.3, -0.25) is 9.48 Å². The maximum absolute atomic E-state index is 12.4. The third-order valence-corrected chi connectivity index (χ3v) is 4.19. The molecular formula is C16H16ClN5O2. The molecule has 0 saturated carbocycles. The molecule has 0 spiro atoms. The summed E-state index contributed by atoms with van der Waals surface area (Å²) in [6.45, 7) is 3.33. The number of carbonyl (C=O) groups is 1. The van der Waals surface area contributed by atoms with Crippen molar-refractivity contribution in [3.05, 3.63) is 46.5 Å². The number of nitrogens with one attached hydrogen (secondary N) is 1. The summed E-state index contributed by atoms with van der Waals surface area (Å²) < 4.78 is 7.56. The average Bonchev–Trinajstić information content (AvgIpc) is 3.23. The molecule has 2 atom stereocenters. The zero-order valence-corrected chi connectivity index (χ0v) is 13.8. The molecule has 3 rings (SSSR count). The van der Waals surface area contributed by atoms with Gasteiger partial charge in [0.2, 0.25) is 0 Å². The van der Waals surface area contributed by atoms with Gasteiger partial charge in [0.05, 0.1) is 22.8 Å².